The summed E-state index contributed by atoms with van der Waals surface area (Å²) in [6.07, 6.45) is 2.31. The summed E-state index contributed by atoms with van der Waals surface area (Å²) in [4.78, 5) is 0. The van der Waals surface area contributed by atoms with E-state index in [-0.39, 0.29) is 0 Å². The largest absolute Gasteiger partial charge is 0.265 e. The van der Waals surface area contributed by atoms with Gasteiger partial charge in [-0.15, -0.1) is 10.3 Å². The highest BCUT2D eigenvalue weighted by atomic mass is 32.2. The second-order valence-electron chi connectivity index (χ2n) is 2.89. The van der Waals surface area contributed by atoms with Gasteiger partial charge in [0.15, 0.2) is 6.23 Å². The summed E-state index contributed by atoms with van der Waals surface area (Å²) < 4.78 is 25.9. The van der Waals surface area contributed by atoms with E-state index in [9.17, 15) is 13.6 Å². The van der Waals surface area contributed by atoms with Gasteiger partial charge in [0.25, 0.3) is 10.1 Å². The average molecular weight is 194 g/mol. The highest BCUT2D eigenvalue weighted by Gasteiger charge is 2.25. The first-order chi connectivity index (χ1) is 5.49. The summed E-state index contributed by atoms with van der Waals surface area (Å²) in [5.74, 6) is 0. The first-order valence-electron chi connectivity index (χ1n) is 3.81. The molecule has 1 aliphatic heterocycles. The summed E-state index contributed by atoms with van der Waals surface area (Å²) in [5, 5.41) is 11.7. The highest BCUT2D eigenvalue weighted by Crippen LogP contribution is 2.17. The van der Waals surface area contributed by atoms with Crippen LogP contribution in [0.1, 0.15) is 19.3 Å². The van der Waals surface area contributed by atoms with Crippen LogP contribution in [-0.2, 0) is 19.5 Å². The van der Waals surface area contributed by atoms with Gasteiger partial charge in [-0.25, -0.2) is 4.18 Å². The van der Waals surface area contributed by atoms with Crippen molar-refractivity contribution in [2.24, 2.45) is 0 Å². The maximum Gasteiger partial charge on any atom is 0.265 e. The molecule has 0 saturated carbocycles. The third-order valence-electron chi connectivity index (χ3n) is 1.69. The van der Waals surface area contributed by atoms with Crippen LogP contribution in [0, 0.1) is 0 Å². The van der Waals surface area contributed by atoms with Gasteiger partial charge in [-0.1, -0.05) is 0 Å². The third-order valence-corrected chi connectivity index (χ3v) is 2.26. The smallest absolute Gasteiger partial charge is 0.249 e. The van der Waals surface area contributed by atoms with Crippen molar-refractivity contribution >= 4 is 10.1 Å². The molecule has 0 aliphatic carbocycles. The first kappa shape index (κ1) is 9.91. The van der Waals surface area contributed by atoms with E-state index in [4.69, 9.17) is 0 Å². The van der Waals surface area contributed by atoms with Crippen LogP contribution in [0.5, 0.6) is 0 Å². The summed E-state index contributed by atoms with van der Waals surface area (Å²) >= 11 is 0. The number of hydrogen-bond acceptors (Lipinski definition) is 4. The number of piperidine rings is 1. The van der Waals surface area contributed by atoms with Crippen LogP contribution in [0.2, 0.25) is 0 Å². The number of rotatable bonds is 2. The Morgan fingerprint density at radius 3 is 2.58 bits per heavy atom. The monoisotopic (exact) mass is 194 g/mol. The van der Waals surface area contributed by atoms with Crippen molar-refractivity contribution in [1.29, 1.82) is 0 Å². The van der Waals surface area contributed by atoms with Crippen molar-refractivity contribution in [2.75, 3.05) is 12.8 Å². The molecule has 1 unspecified atom stereocenters. The van der Waals surface area contributed by atoms with Crippen molar-refractivity contribution in [3.8, 4) is 0 Å². The molecule has 1 saturated heterocycles. The maximum atomic E-state index is 11.0. The second kappa shape index (κ2) is 3.69. The van der Waals surface area contributed by atoms with Gasteiger partial charge < -0.3 is 0 Å². The van der Waals surface area contributed by atoms with Gasteiger partial charge in [0.05, 0.1) is 6.26 Å². The van der Waals surface area contributed by atoms with E-state index in [1.54, 1.807) is 0 Å². The van der Waals surface area contributed by atoms with E-state index < -0.39 is 16.3 Å². The van der Waals surface area contributed by atoms with E-state index >= 15 is 0 Å². The molecule has 0 aromatic carbocycles. The Morgan fingerprint density at radius 2 is 2.08 bits per heavy atom. The van der Waals surface area contributed by atoms with Crippen molar-refractivity contribution in [1.82, 2.24) is 5.06 Å². The number of hydrogen-bond donors (Lipinski definition) is 0. The summed E-state index contributed by atoms with van der Waals surface area (Å²) in [6.45, 7) is 0.361. The van der Waals surface area contributed by atoms with Crippen molar-refractivity contribution in [3.63, 3.8) is 0 Å². The van der Waals surface area contributed by atoms with Crippen LogP contribution in [0.25, 0.3) is 0 Å². The molecular weight excluding hydrogens is 182 g/mol. The van der Waals surface area contributed by atoms with Gasteiger partial charge in [0.2, 0.25) is 0 Å². The van der Waals surface area contributed by atoms with E-state index in [0.717, 1.165) is 19.1 Å². The Balaban J connectivity index is 2.50. The van der Waals surface area contributed by atoms with Gasteiger partial charge in [0.1, 0.15) is 0 Å². The fourth-order valence-electron chi connectivity index (χ4n) is 1.17. The molecule has 0 spiro atoms. The van der Waals surface area contributed by atoms with Crippen molar-refractivity contribution in [2.45, 2.75) is 25.5 Å². The zero-order valence-corrected chi connectivity index (χ0v) is 7.71. The molecule has 12 heavy (non-hydrogen) atoms. The normalized spacial score (nSPS) is 27.3. The third kappa shape index (κ3) is 3.06. The molecule has 0 aromatic rings. The minimum absolute atomic E-state index is 0.361. The van der Waals surface area contributed by atoms with E-state index in [1.807, 2.05) is 0 Å². The zero-order chi connectivity index (χ0) is 9.19. The molecule has 5 nitrogen and oxygen atoms in total. The van der Waals surface area contributed by atoms with E-state index in [1.165, 1.54) is 0 Å². The molecule has 71 valence electrons. The number of hydroxylamine groups is 2. The fraction of sp³-hybridized carbons (Fsp3) is 1.00. The molecule has 0 amide bonds. The average Bonchev–Trinajstić information content (AvgIpc) is 1.91. The minimum atomic E-state index is -3.50. The van der Waals surface area contributed by atoms with Crippen LogP contribution in [-0.4, -0.2) is 32.5 Å². The number of nitrogens with zero attached hydrogens (tertiary/aromatic N) is 1. The first-order valence-corrected chi connectivity index (χ1v) is 5.63. The Kier molecular flexibility index (Phi) is 3.05. The molecule has 6 heteroatoms. The van der Waals surface area contributed by atoms with Crippen LogP contribution >= 0.6 is 0 Å². The predicted molar refractivity (Wildman–Crippen MR) is 41.0 cm³/mol. The Morgan fingerprint density at radius 1 is 1.42 bits per heavy atom. The molecule has 1 aliphatic rings. The SMILES string of the molecule is CS(=O)(=O)OC1CCCCN1[O]. The summed E-state index contributed by atoms with van der Waals surface area (Å²) in [7, 11) is -3.50. The Labute approximate surface area is 72.0 Å². The highest BCUT2D eigenvalue weighted by molar-refractivity contribution is 7.86. The lowest BCUT2D eigenvalue weighted by Gasteiger charge is -2.26. The Hall–Kier alpha value is -0.170. The predicted octanol–water partition coefficient (Wildman–Crippen LogP) is 0.120. The van der Waals surface area contributed by atoms with Crippen LogP contribution in [0.3, 0.4) is 0 Å². The molecule has 1 atom stereocenters. The van der Waals surface area contributed by atoms with Gasteiger partial charge in [-0.05, 0) is 19.3 Å². The van der Waals surface area contributed by atoms with Gasteiger partial charge in [0, 0.05) is 6.54 Å². The molecular formula is C6H12NO4S. The maximum absolute atomic E-state index is 11.0. The topological polar surface area (TPSA) is 66.5 Å². The molecule has 1 radical (unpaired) electrons. The Bertz CT molecular complexity index is 238. The lowest BCUT2D eigenvalue weighted by molar-refractivity contribution is -0.244. The van der Waals surface area contributed by atoms with Crippen LogP contribution in [0.15, 0.2) is 0 Å². The van der Waals surface area contributed by atoms with Gasteiger partial charge in [-0.3, -0.25) is 0 Å². The molecule has 1 fully saturated rings. The quantitative estimate of drug-likeness (QED) is 0.585. The molecule has 0 N–H and O–H groups in total. The standard InChI is InChI=1S/C6H12NO4S/c1-12(9,10)11-6-4-2-3-5-7(6)8/h6H,2-5H2,1H3. The lowest BCUT2D eigenvalue weighted by atomic mass is 10.1. The van der Waals surface area contributed by atoms with Crippen LogP contribution in [0.4, 0.5) is 0 Å². The molecule has 1 heterocycles. The van der Waals surface area contributed by atoms with Gasteiger partial charge >= 0.3 is 0 Å². The lowest BCUT2D eigenvalue weighted by Crippen LogP contribution is -2.38. The summed E-state index contributed by atoms with van der Waals surface area (Å²) in [5.41, 5.74) is 0. The molecule has 0 bridgehead atoms. The fourth-order valence-corrected chi connectivity index (χ4v) is 1.77. The van der Waals surface area contributed by atoms with E-state index in [0.29, 0.717) is 18.0 Å². The van der Waals surface area contributed by atoms with Crippen molar-refractivity contribution < 1.29 is 17.8 Å². The van der Waals surface area contributed by atoms with E-state index in [2.05, 4.69) is 4.18 Å². The minimum Gasteiger partial charge on any atom is -0.249 e. The molecule has 1 rings (SSSR count). The second-order valence-corrected chi connectivity index (χ2v) is 4.49. The van der Waals surface area contributed by atoms with Crippen LogP contribution < -0.4 is 0 Å². The van der Waals surface area contributed by atoms with Gasteiger partial charge in [-0.2, -0.15) is 8.42 Å². The van der Waals surface area contributed by atoms with Crippen molar-refractivity contribution in [3.05, 3.63) is 0 Å². The molecule has 0 aromatic heterocycles. The summed E-state index contributed by atoms with van der Waals surface area (Å²) in [6, 6.07) is 0. The zero-order valence-electron chi connectivity index (χ0n) is 6.89.